The highest BCUT2D eigenvalue weighted by Crippen LogP contribution is 2.45. The number of hydrogen-bond donors (Lipinski definition) is 1. The molecular weight excluding hydrogens is 284 g/mol. The second-order valence-corrected chi connectivity index (χ2v) is 8.09. The van der Waals surface area contributed by atoms with Crippen molar-refractivity contribution in [3.8, 4) is 0 Å². The van der Waals surface area contributed by atoms with Crippen molar-refractivity contribution in [2.75, 3.05) is 0 Å². The number of esters is 1. The summed E-state index contributed by atoms with van der Waals surface area (Å²) < 4.78 is 17.9. The van der Waals surface area contributed by atoms with Crippen molar-refractivity contribution < 1.29 is 24.1 Å². The van der Waals surface area contributed by atoms with Crippen LogP contribution < -0.4 is 0 Å². The third-order valence-corrected chi connectivity index (χ3v) is 5.66. The normalized spacial score (nSPS) is 46.2. The van der Waals surface area contributed by atoms with E-state index in [1.165, 1.54) is 0 Å². The van der Waals surface area contributed by atoms with E-state index in [0.717, 1.165) is 32.1 Å². The highest BCUT2D eigenvalue weighted by Gasteiger charge is 2.53. The lowest BCUT2D eigenvalue weighted by atomic mass is 9.90. The van der Waals surface area contributed by atoms with Gasteiger partial charge in [-0.1, -0.05) is 0 Å². The van der Waals surface area contributed by atoms with Gasteiger partial charge in [-0.15, -0.1) is 0 Å². The molecule has 0 amide bonds. The maximum atomic E-state index is 11.4. The summed E-state index contributed by atoms with van der Waals surface area (Å²) in [6.07, 6.45) is 4.54. The van der Waals surface area contributed by atoms with E-state index in [1.807, 2.05) is 6.92 Å². The van der Waals surface area contributed by atoms with Crippen molar-refractivity contribution in [1.82, 2.24) is 0 Å². The molecule has 0 saturated carbocycles. The molecule has 0 aliphatic carbocycles. The molecule has 3 aliphatic heterocycles. The second kappa shape index (κ2) is 5.18. The SMILES string of the molecule is CC(C)(O)[C@@H]1CC[C@](C)([C@H]2CC[C@H]([C@@]3(C)CCC(=O)O3)O2)O1. The quantitative estimate of drug-likeness (QED) is 0.810. The van der Waals surface area contributed by atoms with E-state index < -0.39 is 11.2 Å². The summed E-state index contributed by atoms with van der Waals surface area (Å²) in [5, 5.41) is 10.2. The van der Waals surface area contributed by atoms with Crippen LogP contribution in [0.1, 0.15) is 66.2 Å². The zero-order valence-corrected chi connectivity index (χ0v) is 14.1. The molecule has 0 aromatic rings. The lowest BCUT2D eigenvalue weighted by molar-refractivity contribution is -0.185. The van der Waals surface area contributed by atoms with Gasteiger partial charge < -0.3 is 19.3 Å². The highest BCUT2D eigenvalue weighted by atomic mass is 16.6. The zero-order valence-electron chi connectivity index (χ0n) is 14.1. The van der Waals surface area contributed by atoms with Crippen LogP contribution in [0.4, 0.5) is 0 Å². The first-order chi connectivity index (χ1) is 10.1. The van der Waals surface area contributed by atoms with Crippen LogP contribution in [-0.4, -0.2) is 46.2 Å². The van der Waals surface area contributed by atoms with E-state index in [2.05, 4.69) is 6.92 Å². The molecule has 3 fully saturated rings. The summed E-state index contributed by atoms with van der Waals surface area (Å²) in [5.74, 6) is -0.125. The van der Waals surface area contributed by atoms with Gasteiger partial charge in [-0.05, 0) is 59.8 Å². The van der Waals surface area contributed by atoms with Crippen molar-refractivity contribution in [2.45, 2.75) is 101 Å². The average Bonchev–Trinajstić information content (AvgIpc) is 3.08. The molecular formula is C17H28O5. The third-order valence-electron chi connectivity index (χ3n) is 5.66. The maximum absolute atomic E-state index is 11.4. The Labute approximate surface area is 132 Å². The van der Waals surface area contributed by atoms with Crippen molar-refractivity contribution in [2.24, 2.45) is 0 Å². The summed E-state index contributed by atoms with van der Waals surface area (Å²) in [6, 6.07) is 0. The molecule has 3 aliphatic rings. The first-order valence-corrected chi connectivity index (χ1v) is 8.40. The van der Waals surface area contributed by atoms with Crippen LogP contribution in [0.25, 0.3) is 0 Å². The lowest BCUT2D eigenvalue weighted by Crippen LogP contribution is -2.45. The minimum absolute atomic E-state index is 0.000905. The second-order valence-electron chi connectivity index (χ2n) is 8.09. The Morgan fingerprint density at radius 1 is 1.09 bits per heavy atom. The summed E-state index contributed by atoms with van der Waals surface area (Å²) in [7, 11) is 0. The van der Waals surface area contributed by atoms with Gasteiger partial charge in [0.15, 0.2) is 0 Å². The summed E-state index contributed by atoms with van der Waals surface area (Å²) in [5.41, 5.74) is -1.68. The minimum atomic E-state index is -0.831. The smallest absolute Gasteiger partial charge is 0.306 e. The van der Waals surface area contributed by atoms with Gasteiger partial charge in [0.1, 0.15) is 5.60 Å². The van der Waals surface area contributed by atoms with Gasteiger partial charge in [-0.2, -0.15) is 0 Å². The van der Waals surface area contributed by atoms with E-state index in [0.29, 0.717) is 6.42 Å². The number of ether oxygens (including phenoxy) is 3. The summed E-state index contributed by atoms with van der Waals surface area (Å²) in [6.45, 7) is 7.64. The Kier molecular flexibility index (Phi) is 3.82. The van der Waals surface area contributed by atoms with Gasteiger partial charge in [-0.3, -0.25) is 4.79 Å². The standard InChI is InChI=1S/C17H28O5/c1-15(2,19)11-7-9-16(3,21-11)12-5-6-13(20-12)17(4)10-8-14(18)22-17/h11-13,19H,5-10H2,1-4H3/t11-,12+,13+,16+,17+/m0/s1. The molecule has 22 heavy (non-hydrogen) atoms. The van der Waals surface area contributed by atoms with Crippen LogP contribution >= 0.6 is 0 Å². The minimum Gasteiger partial charge on any atom is -0.457 e. The molecule has 0 radical (unpaired) electrons. The van der Waals surface area contributed by atoms with Crippen LogP contribution in [-0.2, 0) is 19.0 Å². The number of hydrogen-bond acceptors (Lipinski definition) is 5. The monoisotopic (exact) mass is 312 g/mol. The first kappa shape index (κ1) is 16.2. The fraction of sp³-hybridized carbons (Fsp3) is 0.941. The van der Waals surface area contributed by atoms with Gasteiger partial charge in [-0.25, -0.2) is 0 Å². The lowest BCUT2D eigenvalue weighted by Gasteiger charge is -2.35. The summed E-state index contributed by atoms with van der Waals surface area (Å²) in [4.78, 5) is 11.4. The van der Waals surface area contributed by atoms with E-state index in [4.69, 9.17) is 14.2 Å². The molecule has 0 aromatic heterocycles. The van der Waals surface area contributed by atoms with Crippen molar-refractivity contribution in [3.05, 3.63) is 0 Å². The van der Waals surface area contributed by atoms with E-state index in [1.54, 1.807) is 13.8 Å². The summed E-state index contributed by atoms with van der Waals surface area (Å²) >= 11 is 0. The molecule has 5 heteroatoms. The van der Waals surface area contributed by atoms with Crippen LogP contribution in [0, 0.1) is 0 Å². The van der Waals surface area contributed by atoms with E-state index in [-0.39, 0.29) is 29.9 Å². The van der Waals surface area contributed by atoms with E-state index in [9.17, 15) is 9.90 Å². The molecule has 3 saturated heterocycles. The molecule has 3 rings (SSSR count). The van der Waals surface area contributed by atoms with Gasteiger partial charge >= 0.3 is 5.97 Å². The van der Waals surface area contributed by atoms with Gasteiger partial charge in [0.2, 0.25) is 0 Å². The molecule has 5 nitrogen and oxygen atoms in total. The molecule has 0 spiro atoms. The van der Waals surface area contributed by atoms with Crippen LogP contribution in [0.3, 0.4) is 0 Å². The van der Waals surface area contributed by atoms with E-state index >= 15 is 0 Å². The predicted molar refractivity (Wildman–Crippen MR) is 80.4 cm³/mol. The fourth-order valence-corrected chi connectivity index (χ4v) is 4.07. The Balaban J connectivity index is 1.64. The van der Waals surface area contributed by atoms with Crippen molar-refractivity contribution >= 4 is 5.97 Å². The van der Waals surface area contributed by atoms with Crippen LogP contribution in [0.2, 0.25) is 0 Å². The molecule has 1 N–H and O–H groups in total. The number of carbonyl (C=O) groups excluding carboxylic acids is 1. The third kappa shape index (κ3) is 2.79. The molecule has 0 aromatic carbocycles. The van der Waals surface area contributed by atoms with Gasteiger partial charge in [0.25, 0.3) is 0 Å². The highest BCUT2D eigenvalue weighted by molar-refractivity contribution is 5.72. The molecule has 0 bridgehead atoms. The average molecular weight is 312 g/mol. The zero-order chi connectivity index (χ0) is 16.2. The number of aliphatic hydroxyl groups is 1. The Morgan fingerprint density at radius 2 is 1.73 bits per heavy atom. The Bertz CT molecular complexity index is 456. The number of rotatable bonds is 3. The molecule has 5 atom stereocenters. The molecule has 126 valence electrons. The molecule has 0 unspecified atom stereocenters. The van der Waals surface area contributed by atoms with Crippen molar-refractivity contribution in [1.29, 1.82) is 0 Å². The topological polar surface area (TPSA) is 65.0 Å². The fourth-order valence-electron chi connectivity index (χ4n) is 4.07. The van der Waals surface area contributed by atoms with Crippen LogP contribution in [0.5, 0.6) is 0 Å². The molecule has 3 heterocycles. The number of carbonyl (C=O) groups is 1. The largest absolute Gasteiger partial charge is 0.457 e. The maximum Gasteiger partial charge on any atom is 0.306 e. The predicted octanol–water partition coefficient (Wildman–Crippen LogP) is 2.34. The Morgan fingerprint density at radius 3 is 2.23 bits per heavy atom. The van der Waals surface area contributed by atoms with Crippen LogP contribution in [0.15, 0.2) is 0 Å². The Hall–Kier alpha value is -0.650. The van der Waals surface area contributed by atoms with Crippen molar-refractivity contribution in [3.63, 3.8) is 0 Å². The first-order valence-electron chi connectivity index (χ1n) is 8.40. The van der Waals surface area contributed by atoms with Gasteiger partial charge in [0.05, 0.1) is 29.5 Å². The van der Waals surface area contributed by atoms with Gasteiger partial charge in [0, 0.05) is 6.42 Å². The number of cyclic esters (lactones) is 1.